The number of hydrogen-bond donors (Lipinski definition) is 1. The highest BCUT2D eigenvalue weighted by Crippen LogP contribution is 2.34. The molecule has 0 bridgehead atoms. The maximum atomic E-state index is 11.8. The zero-order valence-corrected chi connectivity index (χ0v) is 17.2. The molecule has 2 N–H and O–H groups in total. The number of rotatable bonds is 9. The average molecular weight is 372 g/mol. The van der Waals surface area contributed by atoms with Gasteiger partial charge in [0.15, 0.2) is 0 Å². The first-order chi connectivity index (χ1) is 11.2. The first-order valence-corrected chi connectivity index (χ1v) is 8.91. The number of ether oxygens (including phenoxy) is 2. The predicted octanol–water partition coefficient (Wildman–Crippen LogP) is 4.65. The van der Waals surface area contributed by atoms with Gasteiger partial charge in [-0.1, -0.05) is 59.7 Å². The molecule has 4 nitrogen and oxygen atoms in total. The van der Waals surface area contributed by atoms with Crippen LogP contribution in [0.4, 0.5) is 0 Å². The van der Waals surface area contributed by atoms with Crippen molar-refractivity contribution in [1.82, 2.24) is 0 Å². The normalized spacial score (nSPS) is 12.2. The van der Waals surface area contributed by atoms with Crippen molar-refractivity contribution in [3.63, 3.8) is 0 Å². The minimum absolute atomic E-state index is 0. The molecule has 1 aromatic rings. The van der Waals surface area contributed by atoms with Gasteiger partial charge >= 0.3 is 5.97 Å². The maximum absolute atomic E-state index is 11.8. The molecule has 0 aromatic heterocycles. The van der Waals surface area contributed by atoms with E-state index < -0.39 is 6.04 Å². The number of benzene rings is 1. The van der Waals surface area contributed by atoms with Gasteiger partial charge in [-0.15, -0.1) is 12.4 Å². The molecule has 0 amide bonds. The lowest BCUT2D eigenvalue weighted by Gasteiger charge is -2.20. The van der Waals surface area contributed by atoms with Crippen molar-refractivity contribution < 1.29 is 14.3 Å². The number of carbonyl (C=O) groups excluding carboxylic acids is 1. The van der Waals surface area contributed by atoms with E-state index in [4.69, 9.17) is 15.2 Å². The lowest BCUT2D eigenvalue weighted by atomic mass is 9.94. The fourth-order valence-electron chi connectivity index (χ4n) is 2.65. The maximum Gasteiger partial charge on any atom is 0.323 e. The zero-order valence-electron chi connectivity index (χ0n) is 16.4. The Morgan fingerprint density at radius 2 is 1.52 bits per heavy atom. The molecule has 0 unspecified atom stereocenters. The summed E-state index contributed by atoms with van der Waals surface area (Å²) < 4.78 is 11.2. The highest BCUT2D eigenvalue weighted by atomic mass is 35.5. The van der Waals surface area contributed by atoms with Crippen molar-refractivity contribution in [1.29, 1.82) is 0 Å². The van der Waals surface area contributed by atoms with E-state index in [1.807, 2.05) is 13.8 Å². The number of nitrogens with two attached hydrogens (primary N) is 1. The SMILES string of the molecule is CC(C)C[C@H](N)C(=O)OCCOc1c(C(C)C)cccc1C(C)C.Cl. The van der Waals surface area contributed by atoms with Crippen LogP contribution in [-0.2, 0) is 9.53 Å². The molecule has 0 saturated carbocycles. The van der Waals surface area contributed by atoms with Crippen molar-refractivity contribution in [3.05, 3.63) is 29.3 Å². The lowest BCUT2D eigenvalue weighted by Crippen LogP contribution is -2.34. The minimum Gasteiger partial charge on any atom is -0.489 e. The molecular weight excluding hydrogens is 338 g/mol. The Morgan fingerprint density at radius 1 is 1.00 bits per heavy atom. The van der Waals surface area contributed by atoms with Crippen LogP contribution in [0.25, 0.3) is 0 Å². The summed E-state index contributed by atoms with van der Waals surface area (Å²) in [6.07, 6.45) is 0.632. The van der Waals surface area contributed by atoms with E-state index in [0.717, 1.165) is 5.75 Å². The summed E-state index contributed by atoms with van der Waals surface area (Å²) in [6, 6.07) is 5.70. The van der Waals surface area contributed by atoms with Crippen molar-refractivity contribution in [3.8, 4) is 5.75 Å². The van der Waals surface area contributed by atoms with Crippen LogP contribution in [-0.4, -0.2) is 25.2 Å². The third-order valence-corrected chi connectivity index (χ3v) is 3.92. The number of esters is 1. The summed E-state index contributed by atoms with van der Waals surface area (Å²) in [6.45, 7) is 13.2. The Labute approximate surface area is 158 Å². The van der Waals surface area contributed by atoms with Crippen LogP contribution < -0.4 is 10.5 Å². The molecule has 0 aliphatic carbocycles. The van der Waals surface area contributed by atoms with E-state index >= 15 is 0 Å². The van der Waals surface area contributed by atoms with E-state index in [1.54, 1.807) is 0 Å². The summed E-state index contributed by atoms with van der Waals surface area (Å²) in [5.41, 5.74) is 8.19. The van der Waals surface area contributed by atoms with Crippen LogP contribution in [0.3, 0.4) is 0 Å². The first kappa shape index (κ1) is 23.7. The Balaban J connectivity index is 0.00000576. The first-order valence-electron chi connectivity index (χ1n) is 8.91. The van der Waals surface area contributed by atoms with Crippen LogP contribution >= 0.6 is 12.4 Å². The molecule has 0 radical (unpaired) electrons. The third-order valence-electron chi connectivity index (χ3n) is 3.92. The standard InChI is InChI=1S/C20H33NO3.ClH/c1-13(2)12-18(21)20(22)24-11-10-23-19-16(14(3)4)8-7-9-17(19)15(5)6;/h7-9,13-15,18H,10-12,21H2,1-6H3;1H/t18-;/m0./s1. The van der Waals surface area contributed by atoms with E-state index in [0.29, 0.717) is 30.8 Å². The number of halogens is 1. The van der Waals surface area contributed by atoms with Gasteiger partial charge in [0, 0.05) is 0 Å². The van der Waals surface area contributed by atoms with Crippen LogP contribution in [0.1, 0.15) is 70.9 Å². The Kier molecular flexibility index (Phi) is 10.8. The summed E-state index contributed by atoms with van der Waals surface area (Å²) in [5.74, 6) is 1.69. The highest BCUT2D eigenvalue weighted by Gasteiger charge is 2.17. The van der Waals surface area contributed by atoms with Crippen LogP contribution in [0.5, 0.6) is 5.75 Å². The van der Waals surface area contributed by atoms with E-state index in [1.165, 1.54) is 11.1 Å². The summed E-state index contributed by atoms with van der Waals surface area (Å²) >= 11 is 0. The fraction of sp³-hybridized carbons (Fsp3) is 0.650. The molecule has 0 spiro atoms. The quantitative estimate of drug-likeness (QED) is 0.507. The van der Waals surface area contributed by atoms with Gasteiger partial charge in [0.25, 0.3) is 0 Å². The number of para-hydroxylation sites is 1. The third kappa shape index (κ3) is 7.66. The lowest BCUT2D eigenvalue weighted by molar-refractivity contribution is -0.146. The van der Waals surface area contributed by atoms with Gasteiger partial charge in [-0.25, -0.2) is 0 Å². The van der Waals surface area contributed by atoms with Gasteiger partial charge in [-0.2, -0.15) is 0 Å². The van der Waals surface area contributed by atoms with Gasteiger partial charge in [-0.3, -0.25) is 4.79 Å². The fourth-order valence-corrected chi connectivity index (χ4v) is 2.65. The summed E-state index contributed by atoms with van der Waals surface area (Å²) in [5, 5.41) is 0. The van der Waals surface area contributed by atoms with Crippen LogP contribution in [0.2, 0.25) is 0 Å². The zero-order chi connectivity index (χ0) is 18.3. The number of hydrogen-bond acceptors (Lipinski definition) is 4. The number of carbonyl (C=O) groups is 1. The van der Waals surface area contributed by atoms with Gasteiger partial charge in [-0.05, 0) is 35.3 Å². The predicted molar refractivity (Wildman–Crippen MR) is 106 cm³/mol. The second-order valence-electron chi connectivity index (χ2n) is 7.33. The molecule has 0 saturated heterocycles. The smallest absolute Gasteiger partial charge is 0.323 e. The Morgan fingerprint density at radius 3 is 1.96 bits per heavy atom. The molecule has 1 aromatic carbocycles. The summed E-state index contributed by atoms with van der Waals surface area (Å²) in [4.78, 5) is 11.8. The van der Waals surface area contributed by atoms with Gasteiger partial charge in [0.1, 0.15) is 25.0 Å². The summed E-state index contributed by atoms with van der Waals surface area (Å²) in [7, 11) is 0. The van der Waals surface area contributed by atoms with Gasteiger partial charge in [0.2, 0.25) is 0 Å². The average Bonchev–Trinajstić information content (AvgIpc) is 2.49. The van der Waals surface area contributed by atoms with Crippen molar-refractivity contribution >= 4 is 18.4 Å². The van der Waals surface area contributed by atoms with E-state index in [9.17, 15) is 4.79 Å². The van der Waals surface area contributed by atoms with E-state index in [-0.39, 0.29) is 25.0 Å². The monoisotopic (exact) mass is 371 g/mol. The Hall–Kier alpha value is -1.26. The van der Waals surface area contributed by atoms with Crippen molar-refractivity contribution in [2.24, 2.45) is 11.7 Å². The van der Waals surface area contributed by atoms with Crippen LogP contribution in [0.15, 0.2) is 18.2 Å². The topological polar surface area (TPSA) is 61.6 Å². The molecule has 1 rings (SSSR count). The molecular formula is C20H34ClNO3. The van der Waals surface area contributed by atoms with E-state index in [2.05, 4.69) is 45.9 Å². The molecule has 0 heterocycles. The van der Waals surface area contributed by atoms with Crippen molar-refractivity contribution in [2.45, 2.75) is 65.8 Å². The molecule has 25 heavy (non-hydrogen) atoms. The van der Waals surface area contributed by atoms with Gasteiger partial charge in [0.05, 0.1) is 0 Å². The highest BCUT2D eigenvalue weighted by molar-refractivity contribution is 5.85. The van der Waals surface area contributed by atoms with Crippen LogP contribution in [0, 0.1) is 5.92 Å². The molecule has 144 valence electrons. The second-order valence-corrected chi connectivity index (χ2v) is 7.33. The molecule has 0 aliphatic rings. The molecule has 1 atom stereocenters. The van der Waals surface area contributed by atoms with Crippen molar-refractivity contribution in [2.75, 3.05) is 13.2 Å². The van der Waals surface area contributed by atoms with Gasteiger partial charge < -0.3 is 15.2 Å². The minimum atomic E-state index is -0.556. The second kappa shape index (κ2) is 11.4. The Bertz CT molecular complexity index is 503. The molecule has 0 fully saturated rings. The largest absolute Gasteiger partial charge is 0.489 e. The molecule has 0 aliphatic heterocycles. The molecule has 5 heteroatoms.